The fourth-order valence-corrected chi connectivity index (χ4v) is 1.34. The Balaban J connectivity index is 2.34. The van der Waals surface area contributed by atoms with Gasteiger partial charge in [0, 0.05) is 0 Å². The summed E-state index contributed by atoms with van der Waals surface area (Å²) in [5.41, 5.74) is 11.2. The number of hydrogen-bond donors (Lipinski definition) is 1. The van der Waals surface area contributed by atoms with E-state index in [1.165, 1.54) is 5.56 Å². The molecule has 0 aliphatic rings. The van der Waals surface area contributed by atoms with Gasteiger partial charge in [-0.05, 0) is 31.1 Å². The molecule has 0 fully saturated rings. The lowest BCUT2D eigenvalue weighted by molar-refractivity contribution is 0.114. The van der Waals surface area contributed by atoms with Crippen LogP contribution in [-0.2, 0) is 11.3 Å². The highest BCUT2D eigenvalue weighted by Gasteiger charge is 2.03. The average Bonchev–Trinajstić information content (AvgIpc) is 2.30. The SMILES string of the molecule is CC=C=C(C)[C@@H](N)COCc1ccccc1. The highest BCUT2D eigenvalue weighted by molar-refractivity contribution is 5.13. The minimum absolute atomic E-state index is 0.0695. The van der Waals surface area contributed by atoms with Crippen molar-refractivity contribution in [3.63, 3.8) is 0 Å². The lowest BCUT2D eigenvalue weighted by Gasteiger charge is -2.11. The largest absolute Gasteiger partial charge is 0.375 e. The van der Waals surface area contributed by atoms with Crippen molar-refractivity contribution in [2.45, 2.75) is 26.5 Å². The van der Waals surface area contributed by atoms with Gasteiger partial charge in [0.25, 0.3) is 0 Å². The molecule has 0 bridgehead atoms. The third-order valence-electron chi connectivity index (χ3n) is 2.34. The summed E-state index contributed by atoms with van der Waals surface area (Å²) in [6.07, 6.45) is 1.87. The molecule has 0 heterocycles. The van der Waals surface area contributed by atoms with Crippen LogP contribution in [0, 0.1) is 0 Å². The number of rotatable bonds is 5. The zero-order valence-electron chi connectivity index (χ0n) is 9.94. The first kappa shape index (κ1) is 12.7. The summed E-state index contributed by atoms with van der Waals surface area (Å²) in [5.74, 6) is 0. The fourth-order valence-electron chi connectivity index (χ4n) is 1.34. The molecule has 0 amide bonds. The van der Waals surface area contributed by atoms with Crippen molar-refractivity contribution < 1.29 is 4.74 Å². The van der Waals surface area contributed by atoms with Gasteiger partial charge in [0.2, 0.25) is 0 Å². The zero-order valence-corrected chi connectivity index (χ0v) is 9.94. The van der Waals surface area contributed by atoms with E-state index in [2.05, 4.69) is 5.73 Å². The van der Waals surface area contributed by atoms with Crippen LogP contribution >= 0.6 is 0 Å². The first-order valence-corrected chi connectivity index (χ1v) is 5.49. The highest BCUT2D eigenvalue weighted by Crippen LogP contribution is 2.03. The monoisotopic (exact) mass is 217 g/mol. The number of hydrogen-bond acceptors (Lipinski definition) is 2. The summed E-state index contributed by atoms with van der Waals surface area (Å²) < 4.78 is 5.55. The topological polar surface area (TPSA) is 35.2 Å². The van der Waals surface area contributed by atoms with E-state index < -0.39 is 0 Å². The predicted octanol–water partition coefficient (Wildman–Crippen LogP) is 2.65. The molecular formula is C14H19NO. The second-order valence-corrected chi connectivity index (χ2v) is 3.72. The van der Waals surface area contributed by atoms with Crippen LogP contribution in [-0.4, -0.2) is 12.6 Å². The van der Waals surface area contributed by atoms with Gasteiger partial charge < -0.3 is 10.5 Å². The molecular weight excluding hydrogens is 198 g/mol. The maximum atomic E-state index is 5.92. The molecule has 16 heavy (non-hydrogen) atoms. The quantitative estimate of drug-likeness (QED) is 0.769. The van der Waals surface area contributed by atoms with Gasteiger partial charge in [-0.25, -0.2) is 0 Å². The van der Waals surface area contributed by atoms with Crippen molar-refractivity contribution >= 4 is 0 Å². The normalized spacial score (nSPS) is 11.7. The average molecular weight is 217 g/mol. The molecule has 0 spiro atoms. The van der Waals surface area contributed by atoms with Crippen LogP contribution in [0.2, 0.25) is 0 Å². The van der Waals surface area contributed by atoms with E-state index in [9.17, 15) is 0 Å². The fraction of sp³-hybridized carbons (Fsp3) is 0.357. The molecule has 0 saturated carbocycles. The Kier molecular flexibility index (Phi) is 5.58. The van der Waals surface area contributed by atoms with Crippen LogP contribution in [0.15, 0.2) is 47.7 Å². The molecule has 0 aliphatic carbocycles. The van der Waals surface area contributed by atoms with Gasteiger partial charge in [-0.1, -0.05) is 30.3 Å². The molecule has 2 nitrogen and oxygen atoms in total. The summed E-state index contributed by atoms with van der Waals surface area (Å²) in [4.78, 5) is 0. The van der Waals surface area contributed by atoms with Crippen LogP contribution < -0.4 is 5.73 Å². The zero-order chi connectivity index (χ0) is 11.8. The maximum Gasteiger partial charge on any atom is 0.0717 e. The van der Waals surface area contributed by atoms with E-state index in [0.717, 1.165) is 5.57 Å². The molecule has 1 aromatic carbocycles. The minimum atomic E-state index is -0.0695. The third kappa shape index (κ3) is 4.45. The second-order valence-electron chi connectivity index (χ2n) is 3.72. The Labute approximate surface area is 97.4 Å². The van der Waals surface area contributed by atoms with Gasteiger partial charge >= 0.3 is 0 Å². The smallest absolute Gasteiger partial charge is 0.0717 e. The van der Waals surface area contributed by atoms with Gasteiger partial charge in [0.05, 0.1) is 19.3 Å². The Morgan fingerprint density at radius 1 is 1.44 bits per heavy atom. The van der Waals surface area contributed by atoms with Gasteiger partial charge in [0.15, 0.2) is 0 Å². The maximum absolute atomic E-state index is 5.92. The Morgan fingerprint density at radius 2 is 2.12 bits per heavy atom. The molecule has 0 aliphatic heterocycles. The number of nitrogens with two attached hydrogens (primary N) is 1. The molecule has 1 atom stereocenters. The Hall–Kier alpha value is -1.34. The van der Waals surface area contributed by atoms with E-state index in [-0.39, 0.29) is 6.04 Å². The summed E-state index contributed by atoms with van der Waals surface area (Å²) in [7, 11) is 0. The van der Waals surface area contributed by atoms with Gasteiger partial charge in [-0.3, -0.25) is 0 Å². The van der Waals surface area contributed by atoms with E-state index >= 15 is 0 Å². The minimum Gasteiger partial charge on any atom is -0.375 e. The van der Waals surface area contributed by atoms with Gasteiger partial charge in [-0.2, -0.15) is 0 Å². The standard InChI is InChI=1S/C14H19NO/c1-3-7-12(2)14(15)11-16-10-13-8-5-4-6-9-13/h3-6,8-9,14H,10-11,15H2,1-2H3/t7?,14-/m0/s1. The summed E-state index contributed by atoms with van der Waals surface area (Å²) in [6.45, 7) is 5.04. The van der Waals surface area contributed by atoms with E-state index in [0.29, 0.717) is 13.2 Å². The molecule has 1 aromatic rings. The van der Waals surface area contributed by atoms with Crippen molar-refractivity contribution in [3.8, 4) is 0 Å². The Bertz CT molecular complexity index is 364. The van der Waals surface area contributed by atoms with Gasteiger partial charge in [-0.15, -0.1) is 5.73 Å². The Morgan fingerprint density at radius 3 is 2.75 bits per heavy atom. The van der Waals surface area contributed by atoms with Crippen molar-refractivity contribution in [2.75, 3.05) is 6.61 Å². The number of benzene rings is 1. The van der Waals surface area contributed by atoms with E-state index in [4.69, 9.17) is 10.5 Å². The van der Waals surface area contributed by atoms with Crippen LogP contribution in [0.25, 0.3) is 0 Å². The van der Waals surface area contributed by atoms with Crippen LogP contribution in [0.4, 0.5) is 0 Å². The highest BCUT2D eigenvalue weighted by atomic mass is 16.5. The number of ether oxygens (including phenoxy) is 1. The second kappa shape index (κ2) is 7.02. The predicted molar refractivity (Wildman–Crippen MR) is 67.0 cm³/mol. The molecule has 0 unspecified atom stereocenters. The van der Waals surface area contributed by atoms with Crippen molar-refractivity contribution in [3.05, 3.63) is 53.3 Å². The molecule has 86 valence electrons. The van der Waals surface area contributed by atoms with Crippen molar-refractivity contribution in [1.29, 1.82) is 0 Å². The summed E-state index contributed by atoms with van der Waals surface area (Å²) in [5, 5.41) is 0. The first-order valence-electron chi connectivity index (χ1n) is 5.49. The lowest BCUT2D eigenvalue weighted by Crippen LogP contribution is -2.27. The van der Waals surface area contributed by atoms with Crippen molar-refractivity contribution in [1.82, 2.24) is 0 Å². The molecule has 1 rings (SSSR count). The van der Waals surface area contributed by atoms with Crippen molar-refractivity contribution in [2.24, 2.45) is 5.73 Å². The summed E-state index contributed by atoms with van der Waals surface area (Å²) in [6, 6.07) is 10.0. The molecule has 2 heteroatoms. The molecule has 0 saturated heterocycles. The van der Waals surface area contributed by atoms with Crippen LogP contribution in [0.1, 0.15) is 19.4 Å². The third-order valence-corrected chi connectivity index (χ3v) is 2.34. The van der Waals surface area contributed by atoms with Gasteiger partial charge in [0.1, 0.15) is 0 Å². The first-order chi connectivity index (χ1) is 7.74. The molecule has 0 aromatic heterocycles. The van der Waals surface area contributed by atoms with E-state index in [1.54, 1.807) is 0 Å². The molecule has 0 radical (unpaired) electrons. The van der Waals surface area contributed by atoms with E-state index in [1.807, 2.05) is 50.3 Å². The summed E-state index contributed by atoms with van der Waals surface area (Å²) >= 11 is 0. The van der Waals surface area contributed by atoms with Crippen LogP contribution in [0.3, 0.4) is 0 Å². The molecule has 2 N–H and O–H groups in total. The lowest BCUT2D eigenvalue weighted by atomic mass is 10.1. The van der Waals surface area contributed by atoms with Crippen LogP contribution in [0.5, 0.6) is 0 Å².